The fourth-order valence-corrected chi connectivity index (χ4v) is 4.96. The van der Waals surface area contributed by atoms with Crippen molar-refractivity contribution in [2.45, 2.75) is 20.8 Å². The van der Waals surface area contributed by atoms with Crippen LogP contribution in [0, 0.1) is 20.8 Å². The van der Waals surface area contributed by atoms with Crippen LogP contribution in [0.1, 0.15) is 26.9 Å². The minimum Gasteiger partial charge on any atom is -0.353 e. The second kappa shape index (κ2) is 7.77. The summed E-state index contributed by atoms with van der Waals surface area (Å²) in [7, 11) is 0. The average molecular weight is 433 g/mol. The number of amides is 1. The minimum atomic E-state index is 0.116. The Hall–Kier alpha value is -3.26. The number of fused-ring (bicyclic) bond motifs is 1. The molecule has 0 atom stereocenters. The van der Waals surface area contributed by atoms with E-state index in [-0.39, 0.29) is 5.91 Å². The lowest BCUT2D eigenvalue weighted by Crippen LogP contribution is -2.49. The molecule has 0 radical (unpaired) electrons. The number of benzene rings is 1. The monoisotopic (exact) mass is 432 g/mol. The molecule has 3 aromatic heterocycles. The van der Waals surface area contributed by atoms with Crippen molar-refractivity contribution in [2.75, 3.05) is 31.1 Å². The Bertz CT molecular complexity index is 1240. The fourth-order valence-electron chi connectivity index (χ4n) is 3.93. The van der Waals surface area contributed by atoms with E-state index < -0.39 is 0 Å². The highest BCUT2D eigenvalue weighted by atomic mass is 32.1. The Morgan fingerprint density at radius 1 is 0.968 bits per heavy atom. The summed E-state index contributed by atoms with van der Waals surface area (Å²) in [5.41, 5.74) is 2.06. The van der Waals surface area contributed by atoms with Gasteiger partial charge >= 0.3 is 0 Å². The van der Waals surface area contributed by atoms with Crippen molar-refractivity contribution in [2.24, 2.45) is 0 Å². The maximum atomic E-state index is 13.0. The highest BCUT2D eigenvalue weighted by molar-refractivity contribution is 7.20. The number of hydrogen-bond donors (Lipinski definition) is 0. The number of thiophene rings is 1. The summed E-state index contributed by atoms with van der Waals surface area (Å²) in [5.74, 6) is 2.55. The van der Waals surface area contributed by atoms with Gasteiger partial charge in [-0.1, -0.05) is 18.2 Å². The molecule has 1 saturated heterocycles. The molecule has 4 aromatic rings. The quantitative estimate of drug-likeness (QED) is 0.493. The summed E-state index contributed by atoms with van der Waals surface area (Å²) < 4.78 is 3.15. The molecule has 0 unspecified atom stereocenters. The van der Waals surface area contributed by atoms with E-state index in [2.05, 4.69) is 32.0 Å². The van der Waals surface area contributed by atoms with Crippen molar-refractivity contribution in [3.63, 3.8) is 0 Å². The van der Waals surface area contributed by atoms with E-state index >= 15 is 0 Å². The molecule has 1 aromatic carbocycles. The zero-order chi connectivity index (χ0) is 21.5. The third-order valence-corrected chi connectivity index (χ3v) is 6.94. The maximum absolute atomic E-state index is 13.0. The molecule has 1 aliphatic heterocycles. The van der Waals surface area contributed by atoms with Crippen molar-refractivity contribution in [3.05, 3.63) is 64.8 Å². The summed E-state index contributed by atoms with van der Waals surface area (Å²) in [6.07, 6.45) is 1.80. The smallest absolute Gasteiger partial charge is 0.264 e. The van der Waals surface area contributed by atoms with Gasteiger partial charge in [0, 0.05) is 42.6 Å². The molecule has 5 rings (SSSR count). The van der Waals surface area contributed by atoms with Crippen molar-refractivity contribution < 1.29 is 4.79 Å². The van der Waals surface area contributed by atoms with Crippen LogP contribution in [0.5, 0.6) is 0 Å². The van der Waals surface area contributed by atoms with Crippen LogP contribution in [0.15, 0.2) is 42.7 Å². The predicted octanol–water partition coefficient (Wildman–Crippen LogP) is 3.76. The number of anilines is 1. The zero-order valence-electron chi connectivity index (χ0n) is 17.9. The largest absolute Gasteiger partial charge is 0.353 e. The molecular formula is C23H24N6OS. The van der Waals surface area contributed by atoms with Crippen LogP contribution in [-0.4, -0.2) is 56.5 Å². The summed E-state index contributed by atoms with van der Waals surface area (Å²) in [6, 6.07) is 12.1. The molecule has 1 aliphatic rings. The third kappa shape index (κ3) is 3.67. The first kappa shape index (κ1) is 19.7. The van der Waals surface area contributed by atoms with E-state index in [0.717, 1.165) is 56.9 Å². The fraction of sp³-hybridized carbons (Fsp3) is 0.304. The van der Waals surface area contributed by atoms with Gasteiger partial charge in [-0.2, -0.15) is 0 Å². The predicted molar refractivity (Wildman–Crippen MR) is 123 cm³/mol. The molecule has 8 heteroatoms. The molecular weight excluding hydrogens is 408 g/mol. The lowest BCUT2D eigenvalue weighted by atomic mass is 10.2. The van der Waals surface area contributed by atoms with Gasteiger partial charge in [0.1, 0.15) is 23.8 Å². The summed E-state index contributed by atoms with van der Waals surface area (Å²) in [4.78, 5) is 31.6. The van der Waals surface area contributed by atoms with Crippen LogP contribution >= 0.6 is 11.3 Å². The normalized spacial score (nSPS) is 14.4. The Morgan fingerprint density at radius 3 is 2.42 bits per heavy atom. The van der Waals surface area contributed by atoms with E-state index in [0.29, 0.717) is 13.1 Å². The minimum absolute atomic E-state index is 0.116. The first-order valence-electron chi connectivity index (χ1n) is 10.4. The van der Waals surface area contributed by atoms with Gasteiger partial charge in [0.05, 0.1) is 10.6 Å². The van der Waals surface area contributed by atoms with E-state index in [1.165, 1.54) is 0 Å². The van der Waals surface area contributed by atoms with E-state index in [9.17, 15) is 4.79 Å². The van der Waals surface area contributed by atoms with Crippen molar-refractivity contribution in [3.8, 4) is 5.82 Å². The van der Waals surface area contributed by atoms with Gasteiger partial charge in [0.2, 0.25) is 0 Å². The number of carbonyl (C=O) groups is 1. The van der Waals surface area contributed by atoms with Gasteiger partial charge in [0.15, 0.2) is 0 Å². The summed E-state index contributed by atoms with van der Waals surface area (Å²) in [6.45, 7) is 8.78. The molecule has 31 heavy (non-hydrogen) atoms. The van der Waals surface area contributed by atoms with Crippen molar-refractivity contribution in [1.82, 2.24) is 24.4 Å². The number of hydrogen-bond acceptors (Lipinski definition) is 6. The number of piperazine rings is 1. The maximum Gasteiger partial charge on any atom is 0.264 e. The Labute approximate surface area is 185 Å². The standard InChI is InChI=1S/C23H24N6OS/c1-15-16(2)29(14-24-15)22-13-21(25-17(3)26-22)27-8-10-28(11-9-27)23(30)20-12-18-6-4-5-7-19(18)31-20/h4-7,12-14H,8-11H2,1-3H3. The van der Waals surface area contributed by atoms with E-state index in [1.807, 2.05) is 54.5 Å². The molecule has 0 N–H and O–H groups in total. The highest BCUT2D eigenvalue weighted by Gasteiger charge is 2.25. The number of aryl methyl sites for hydroxylation is 2. The lowest BCUT2D eigenvalue weighted by molar-refractivity contribution is 0.0751. The first-order valence-corrected chi connectivity index (χ1v) is 11.2. The SMILES string of the molecule is Cc1nc(N2CCN(C(=O)c3cc4ccccc4s3)CC2)cc(-n2cnc(C)c2C)n1. The second-order valence-corrected chi connectivity index (χ2v) is 8.93. The zero-order valence-corrected chi connectivity index (χ0v) is 18.7. The molecule has 0 aliphatic carbocycles. The molecule has 0 bridgehead atoms. The highest BCUT2D eigenvalue weighted by Crippen LogP contribution is 2.27. The molecule has 0 spiro atoms. The van der Waals surface area contributed by atoms with Crippen LogP contribution < -0.4 is 4.90 Å². The van der Waals surface area contributed by atoms with E-state index in [4.69, 9.17) is 0 Å². The molecule has 0 saturated carbocycles. The lowest BCUT2D eigenvalue weighted by Gasteiger charge is -2.35. The Balaban J connectivity index is 1.32. The topological polar surface area (TPSA) is 67.2 Å². The van der Waals surface area contributed by atoms with Gasteiger partial charge < -0.3 is 9.80 Å². The molecule has 7 nitrogen and oxygen atoms in total. The van der Waals surface area contributed by atoms with Crippen LogP contribution in [0.2, 0.25) is 0 Å². The van der Waals surface area contributed by atoms with Gasteiger partial charge in [0.25, 0.3) is 5.91 Å². The van der Waals surface area contributed by atoms with Crippen LogP contribution in [0.25, 0.3) is 15.9 Å². The Kier molecular flexibility index (Phi) is 4.94. The van der Waals surface area contributed by atoms with Crippen LogP contribution in [-0.2, 0) is 0 Å². The van der Waals surface area contributed by atoms with Crippen molar-refractivity contribution in [1.29, 1.82) is 0 Å². The Morgan fingerprint density at radius 2 is 1.71 bits per heavy atom. The number of rotatable bonds is 3. The van der Waals surface area contributed by atoms with Crippen molar-refractivity contribution >= 4 is 33.1 Å². The second-order valence-electron chi connectivity index (χ2n) is 7.84. The molecule has 1 amide bonds. The summed E-state index contributed by atoms with van der Waals surface area (Å²) in [5, 5.41) is 1.13. The number of carbonyl (C=O) groups excluding carboxylic acids is 1. The molecule has 1 fully saturated rings. The first-order chi connectivity index (χ1) is 15.0. The number of aromatic nitrogens is 4. The molecule has 158 valence electrons. The van der Waals surface area contributed by atoms with E-state index in [1.54, 1.807) is 17.7 Å². The van der Waals surface area contributed by atoms with Gasteiger partial charge in [-0.3, -0.25) is 9.36 Å². The van der Waals surface area contributed by atoms with Gasteiger partial charge in [-0.25, -0.2) is 15.0 Å². The van der Waals surface area contributed by atoms with Gasteiger partial charge in [-0.05, 0) is 38.3 Å². The average Bonchev–Trinajstić information content (AvgIpc) is 3.36. The van der Waals surface area contributed by atoms with Crippen LogP contribution in [0.4, 0.5) is 5.82 Å². The third-order valence-electron chi connectivity index (χ3n) is 5.84. The van der Waals surface area contributed by atoms with Gasteiger partial charge in [-0.15, -0.1) is 11.3 Å². The number of nitrogens with zero attached hydrogens (tertiary/aromatic N) is 6. The molecule has 4 heterocycles. The number of imidazole rings is 1. The summed E-state index contributed by atoms with van der Waals surface area (Å²) >= 11 is 1.57. The van der Waals surface area contributed by atoms with Crippen LogP contribution in [0.3, 0.4) is 0 Å².